The van der Waals surface area contributed by atoms with Crippen LogP contribution in [0.25, 0.3) is 0 Å². The van der Waals surface area contributed by atoms with Gasteiger partial charge in [-0.25, -0.2) is 4.98 Å². The molecule has 80 valence electrons. The summed E-state index contributed by atoms with van der Waals surface area (Å²) in [4.78, 5) is 4.11. The number of hydrogen-bond donors (Lipinski definition) is 0. The molecule has 1 heterocycles. The fourth-order valence-corrected chi connectivity index (χ4v) is 2.81. The van der Waals surface area contributed by atoms with E-state index in [-0.39, 0.29) is 0 Å². The minimum atomic E-state index is 0.710. The van der Waals surface area contributed by atoms with E-state index in [1.165, 1.54) is 17.1 Å². The lowest BCUT2D eigenvalue weighted by atomic mass is 10.1. The molecule has 0 amide bonds. The Morgan fingerprint density at radius 2 is 2.38 bits per heavy atom. The predicted octanol–water partition coefficient (Wildman–Crippen LogP) is 3.01. The van der Waals surface area contributed by atoms with Crippen molar-refractivity contribution in [2.75, 3.05) is 0 Å². The molecule has 1 aromatic heterocycles. The van der Waals surface area contributed by atoms with E-state index in [1.54, 1.807) is 18.1 Å². The molecule has 5 heteroatoms. The summed E-state index contributed by atoms with van der Waals surface area (Å²) in [6.07, 6.45) is 1.57. The second-order valence-electron chi connectivity index (χ2n) is 3.25. The van der Waals surface area contributed by atoms with E-state index in [0.29, 0.717) is 5.56 Å². The maximum atomic E-state index is 8.76. The number of nitriles is 1. The molecule has 0 atom stereocenters. The number of hydrogen-bond acceptors (Lipinski definition) is 5. The van der Waals surface area contributed by atoms with Crippen LogP contribution in [0.1, 0.15) is 16.7 Å². The van der Waals surface area contributed by atoms with Crippen molar-refractivity contribution in [3.05, 3.63) is 41.2 Å². The highest BCUT2D eigenvalue weighted by atomic mass is 32.2. The summed E-state index contributed by atoms with van der Waals surface area (Å²) < 4.78 is 4.93. The third kappa shape index (κ3) is 2.60. The molecular formula is C11H9N3S2. The number of benzene rings is 1. The molecule has 0 bridgehead atoms. The summed E-state index contributed by atoms with van der Waals surface area (Å²) in [5.74, 6) is 0.868. The molecule has 0 N–H and O–H groups in total. The zero-order valence-electron chi connectivity index (χ0n) is 8.67. The van der Waals surface area contributed by atoms with E-state index in [9.17, 15) is 0 Å². The Bertz CT molecular complexity index is 515. The molecule has 0 aliphatic rings. The largest absolute Gasteiger partial charge is 0.216 e. The lowest BCUT2D eigenvalue weighted by Gasteiger charge is -2.03. The van der Waals surface area contributed by atoms with Gasteiger partial charge in [0.15, 0.2) is 4.34 Å². The summed E-state index contributed by atoms with van der Waals surface area (Å²) in [6, 6.07) is 7.90. The van der Waals surface area contributed by atoms with Crippen LogP contribution < -0.4 is 0 Å². The molecular weight excluding hydrogens is 238 g/mol. The molecule has 2 aromatic rings. The second kappa shape index (κ2) is 5.10. The second-order valence-corrected chi connectivity index (χ2v) is 5.25. The molecule has 0 radical (unpaired) electrons. The monoisotopic (exact) mass is 247 g/mol. The average molecular weight is 247 g/mol. The van der Waals surface area contributed by atoms with Gasteiger partial charge in [-0.2, -0.15) is 9.64 Å². The van der Waals surface area contributed by atoms with Gasteiger partial charge in [-0.3, -0.25) is 0 Å². The third-order valence-corrected chi connectivity index (χ3v) is 4.01. The Hall–Kier alpha value is -1.38. The first-order valence-corrected chi connectivity index (χ1v) is 6.44. The van der Waals surface area contributed by atoms with Gasteiger partial charge in [0, 0.05) is 5.75 Å². The zero-order valence-corrected chi connectivity index (χ0v) is 10.3. The fraction of sp³-hybridized carbons (Fsp3) is 0.182. The van der Waals surface area contributed by atoms with Crippen LogP contribution >= 0.6 is 23.3 Å². The van der Waals surface area contributed by atoms with Gasteiger partial charge in [0.05, 0.1) is 11.6 Å². The van der Waals surface area contributed by atoms with Crippen molar-refractivity contribution >= 4 is 23.3 Å². The van der Waals surface area contributed by atoms with E-state index < -0.39 is 0 Å². The number of rotatable bonds is 3. The first-order valence-electron chi connectivity index (χ1n) is 4.68. The van der Waals surface area contributed by atoms with Crippen molar-refractivity contribution in [3.8, 4) is 6.07 Å². The molecule has 0 spiro atoms. The van der Waals surface area contributed by atoms with Gasteiger partial charge in [0.2, 0.25) is 0 Å². The Labute approximate surface area is 102 Å². The number of thioether (sulfide) groups is 1. The molecule has 16 heavy (non-hydrogen) atoms. The molecule has 0 aliphatic heterocycles. The highest BCUT2D eigenvalue weighted by Crippen LogP contribution is 2.24. The van der Waals surface area contributed by atoms with E-state index in [4.69, 9.17) is 5.26 Å². The minimum Gasteiger partial charge on any atom is -0.216 e. The molecule has 0 saturated heterocycles. The Balaban J connectivity index is 2.08. The highest BCUT2D eigenvalue weighted by Gasteiger charge is 2.03. The first kappa shape index (κ1) is 11.1. The number of aryl methyl sites for hydroxylation is 1. The summed E-state index contributed by atoms with van der Waals surface area (Å²) in [7, 11) is 0. The zero-order chi connectivity index (χ0) is 11.4. The van der Waals surface area contributed by atoms with Gasteiger partial charge in [0.1, 0.15) is 6.33 Å². The van der Waals surface area contributed by atoms with Crippen LogP contribution in [0, 0.1) is 18.3 Å². The summed E-state index contributed by atoms with van der Waals surface area (Å²) >= 11 is 3.07. The normalized spacial score (nSPS) is 10.0. The van der Waals surface area contributed by atoms with Gasteiger partial charge >= 0.3 is 0 Å². The lowest BCUT2D eigenvalue weighted by Crippen LogP contribution is -1.87. The minimum absolute atomic E-state index is 0.710. The first-order chi connectivity index (χ1) is 7.79. The van der Waals surface area contributed by atoms with Gasteiger partial charge in [-0.05, 0) is 41.7 Å². The SMILES string of the molecule is Cc1cc(C#N)ccc1CSc1ncns1. The molecule has 0 aliphatic carbocycles. The molecule has 3 nitrogen and oxygen atoms in total. The van der Waals surface area contributed by atoms with Gasteiger partial charge in [0.25, 0.3) is 0 Å². The van der Waals surface area contributed by atoms with Crippen molar-refractivity contribution in [3.63, 3.8) is 0 Å². The Kier molecular flexibility index (Phi) is 3.54. The van der Waals surface area contributed by atoms with Crippen molar-refractivity contribution in [2.45, 2.75) is 17.0 Å². The Morgan fingerprint density at radius 3 is 3.00 bits per heavy atom. The van der Waals surface area contributed by atoms with Crippen molar-refractivity contribution in [1.82, 2.24) is 9.36 Å². The van der Waals surface area contributed by atoms with Crippen molar-refractivity contribution < 1.29 is 0 Å². The standard InChI is InChI=1S/C11H9N3S2/c1-8-4-9(5-12)2-3-10(8)6-15-11-13-7-14-16-11/h2-4,7H,6H2,1H3. The summed E-state index contributed by atoms with van der Waals surface area (Å²) in [5, 5.41) is 8.76. The quantitative estimate of drug-likeness (QED) is 0.782. The van der Waals surface area contributed by atoms with Crippen LogP contribution in [-0.4, -0.2) is 9.36 Å². The third-order valence-electron chi connectivity index (χ3n) is 2.16. The molecule has 1 aromatic carbocycles. The lowest BCUT2D eigenvalue weighted by molar-refractivity contribution is 1.21. The maximum absolute atomic E-state index is 8.76. The number of nitrogens with zero attached hydrogens (tertiary/aromatic N) is 3. The van der Waals surface area contributed by atoms with Gasteiger partial charge in [-0.15, -0.1) is 0 Å². The van der Waals surface area contributed by atoms with Crippen LogP contribution in [-0.2, 0) is 5.75 Å². The summed E-state index contributed by atoms with van der Waals surface area (Å²) in [6.45, 7) is 2.02. The van der Waals surface area contributed by atoms with Crippen LogP contribution in [0.3, 0.4) is 0 Å². The summed E-state index contributed by atoms with van der Waals surface area (Å²) in [5.41, 5.74) is 3.09. The van der Waals surface area contributed by atoms with E-state index in [0.717, 1.165) is 15.7 Å². The van der Waals surface area contributed by atoms with Gasteiger partial charge in [-0.1, -0.05) is 17.8 Å². The number of aromatic nitrogens is 2. The van der Waals surface area contributed by atoms with Crippen LogP contribution in [0.2, 0.25) is 0 Å². The smallest absolute Gasteiger partial charge is 0.170 e. The van der Waals surface area contributed by atoms with E-state index in [1.807, 2.05) is 25.1 Å². The van der Waals surface area contributed by atoms with Crippen molar-refractivity contribution in [1.29, 1.82) is 5.26 Å². The molecule has 0 fully saturated rings. The molecule has 0 unspecified atom stereocenters. The maximum Gasteiger partial charge on any atom is 0.170 e. The molecule has 2 rings (SSSR count). The molecule has 0 saturated carbocycles. The van der Waals surface area contributed by atoms with Crippen LogP contribution in [0.5, 0.6) is 0 Å². The average Bonchev–Trinajstić information content (AvgIpc) is 2.80. The van der Waals surface area contributed by atoms with Crippen LogP contribution in [0.4, 0.5) is 0 Å². The topological polar surface area (TPSA) is 49.6 Å². The van der Waals surface area contributed by atoms with E-state index in [2.05, 4.69) is 15.4 Å². The highest BCUT2D eigenvalue weighted by molar-refractivity contribution is 8.00. The van der Waals surface area contributed by atoms with Crippen molar-refractivity contribution in [2.24, 2.45) is 0 Å². The Morgan fingerprint density at radius 1 is 1.50 bits per heavy atom. The fourth-order valence-electron chi connectivity index (χ4n) is 1.29. The predicted molar refractivity (Wildman–Crippen MR) is 65.4 cm³/mol. The van der Waals surface area contributed by atoms with Crippen LogP contribution in [0.15, 0.2) is 28.9 Å². The van der Waals surface area contributed by atoms with Gasteiger partial charge < -0.3 is 0 Å². The van der Waals surface area contributed by atoms with E-state index >= 15 is 0 Å².